The van der Waals surface area contributed by atoms with Crippen LogP contribution in [0.5, 0.6) is 0 Å². The van der Waals surface area contributed by atoms with Gasteiger partial charge < -0.3 is 5.73 Å². The summed E-state index contributed by atoms with van der Waals surface area (Å²) >= 11 is 6.28. The van der Waals surface area contributed by atoms with E-state index in [-0.39, 0.29) is 32.3 Å². The van der Waals surface area contributed by atoms with Gasteiger partial charge >= 0.3 is 205 Å². The number of nitrogens with one attached hydrogen (secondary N) is 2. The number of anilines is 1. The molecule has 3 aromatic rings. The van der Waals surface area contributed by atoms with Gasteiger partial charge in [0.2, 0.25) is 0 Å². The van der Waals surface area contributed by atoms with Crippen molar-refractivity contribution in [2.45, 2.75) is 72.1 Å². The Balaban J connectivity index is 1.29. The van der Waals surface area contributed by atoms with Crippen LogP contribution in [0.4, 0.5) is 10.1 Å². The monoisotopic (exact) mass is 734 g/mol. The van der Waals surface area contributed by atoms with Crippen LogP contribution in [0, 0.1) is 5.82 Å². The van der Waals surface area contributed by atoms with Gasteiger partial charge in [0, 0.05) is 6.04 Å². The third-order valence-corrected chi connectivity index (χ3v) is 12.8. The number of nitrogens with zero attached hydrogens (tertiary/aromatic N) is 3. The molecule has 238 valence electrons. The fraction of sp³-hybridized carbons (Fsp3) is 0.455. The number of rotatable bonds is 12. The first-order chi connectivity index (χ1) is 21.2. The van der Waals surface area contributed by atoms with Crippen LogP contribution in [0.25, 0.3) is 17.5 Å². The van der Waals surface area contributed by atoms with Gasteiger partial charge in [0.1, 0.15) is 0 Å². The van der Waals surface area contributed by atoms with Gasteiger partial charge in [-0.2, -0.15) is 0 Å². The van der Waals surface area contributed by atoms with Gasteiger partial charge in [0.15, 0.2) is 0 Å². The van der Waals surface area contributed by atoms with Crippen molar-refractivity contribution >= 4 is 29.3 Å². The number of aliphatic hydroxyl groups excluding tert-OH is 1. The molecule has 1 aromatic heterocycles. The number of likely N-dealkylation sites (N-methyl/N-ethyl adjacent to an activating group) is 1. The number of H-pyrrole nitrogens is 1. The number of aromatic amines is 1. The van der Waals surface area contributed by atoms with Gasteiger partial charge in [-0.05, 0) is 37.8 Å². The minimum atomic E-state index is -1.10. The molecule has 7 N–H and O–H groups in total. The molecule has 4 atom stereocenters. The summed E-state index contributed by atoms with van der Waals surface area (Å²) in [7, 11) is 1.88. The molecule has 2 aliphatic rings. The number of hydrogen-bond donors (Lipinski definition) is 5. The van der Waals surface area contributed by atoms with E-state index in [0.29, 0.717) is 33.1 Å². The second-order valence-electron chi connectivity index (χ2n) is 11.7. The molecule has 0 spiro atoms. The molecule has 5 rings (SSSR count). The number of halogens is 3. The average Bonchev–Trinajstić information content (AvgIpc) is 3.41. The van der Waals surface area contributed by atoms with E-state index in [2.05, 4.69) is 44.6 Å². The quantitative estimate of drug-likeness (QED) is 0.0821. The molecular weight excluding hydrogens is 692 g/mol. The van der Waals surface area contributed by atoms with Crippen molar-refractivity contribution in [1.29, 1.82) is 0 Å². The predicted octanol–water partition coefficient (Wildman–Crippen LogP) is 0.947. The van der Waals surface area contributed by atoms with Crippen molar-refractivity contribution in [1.82, 2.24) is 10.3 Å². The number of aliphatic imine (C=N–C) groups is 1. The van der Waals surface area contributed by atoms with Crippen molar-refractivity contribution < 1.29 is 30.7 Å². The molecule has 11 heteroatoms. The number of aromatic nitrogens is 1. The predicted molar refractivity (Wildman–Crippen MR) is 173 cm³/mol. The molecule has 2 aromatic carbocycles. The van der Waals surface area contributed by atoms with Crippen LogP contribution in [0.15, 0.2) is 52.4 Å². The number of alkyl halides is 2. The SMILES string of the molecule is CNCC(N)=NCC[C@@H]1CCC[C@@H](c2ccc(N3C=c4cc(-c5cc(CCC[C@H](C)N)cc(Cl)c5F)[nH]c4=NC3O)cc2)[I-]1. The first kappa shape index (κ1) is 32.9. The van der Waals surface area contributed by atoms with Crippen molar-refractivity contribution in [3.8, 4) is 11.3 Å². The summed E-state index contributed by atoms with van der Waals surface area (Å²) in [5.74, 6) is 0.197. The Morgan fingerprint density at radius 2 is 2.07 bits per heavy atom. The van der Waals surface area contributed by atoms with Crippen molar-refractivity contribution in [3.05, 3.63) is 75.1 Å². The Kier molecular flexibility index (Phi) is 11.3. The summed E-state index contributed by atoms with van der Waals surface area (Å²) in [5.41, 5.74) is 16.5. The topological polar surface area (TPSA) is 128 Å². The zero-order chi connectivity index (χ0) is 31.2. The van der Waals surface area contributed by atoms with Crippen LogP contribution in [0.3, 0.4) is 0 Å². The third kappa shape index (κ3) is 8.20. The third-order valence-electron chi connectivity index (χ3n) is 8.07. The van der Waals surface area contributed by atoms with Crippen molar-refractivity contribution in [3.63, 3.8) is 0 Å². The van der Waals surface area contributed by atoms with Crippen LogP contribution in [0.1, 0.15) is 60.5 Å². The second kappa shape index (κ2) is 15.2. The molecule has 0 saturated carbocycles. The molecule has 0 bridgehead atoms. The number of nitrogens with two attached hydrogens (primary N) is 2. The van der Waals surface area contributed by atoms with Crippen LogP contribution in [-0.2, 0) is 6.42 Å². The molecule has 1 saturated heterocycles. The van der Waals surface area contributed by atoms with Gasteiger partial charge in [-0.15, -0.1) is 0 Å². The minimum absolute atomic E-state index is 0.00527. The summed E-state index contributed by atoms with van der Waals surface area (Å²) in [4.78, 5) is 13.9. The molecule has 8 nitrogen and oxygen atoms in total. The molecule has 3 heterocycles. The molecular formula is C33H43ClFIN7O-. The van der Waals surface area contributed by atoms with E-state index in [1.54, 1.807) is 11.0 Å². The van der Waals surface area contributed by atoms with Crippen molar-refractivity contribution in [2.24, 2.45) is 21.5 Å². The van der Waals surface area contributed by atoms with Gasteiger partial charge in [-0.25, -0.2) is 4.39 Å². The van der Waals surface area contributed by atoms with Gasteiger partial charge in [-0.3, -0.25) is 0 Å². The maximum absolute atomic E-state index is 15.2. The van der Waals surface area contributed by atoms with Gasteiger partial charge in [-0.1, -0.05) is 11.6 Å². The number of fused-ring (bicyclic) bond motifs is 1. The number of amidine groups is 1. The van der Waals surface area contributed by atoms with Crippen LogP contribution >= 0.6 is 11.6 Å². The van der Waals surface area contributed by atoms with Gasteiger partial charge in [0.25, 0.3) is 0 Å². The standard InChI is InChI=1S/C33H43ClFIN7O/c1-20(37)5-3-6-21-15-26(31(35)27(34)16-21)29-17-23-19-43(33(44)42-32(23)41-29)25-11-9-22(10-12-25)28-8-4-7-24(36-28)13-14-40-30(38)18-39-2/h9-12,15-17,19-20,24,28,33,39,44H,3-8,13-14,18,37H2,1-2H3,(H2,38,40)(H,41,42)/q-1/t20-,24-,28-,33?/m0/s1. The van der Waals surface area contributed by atoms with E-state index >= 15 is 4.39 Å². The first-order valence-electron chi connectivity index (χ1n) is 15.4. The molecule has 0 aliphatic carbocycles. The average molecular weight is 735 g/mol. The van der Waals surface area contributed by atoms with Gasteiger partial charge in [0.05, 0.1) is 5.02 Å². The number of hydrogen-bond acceptors (Lipinski definition) is 6. The maximum atomic E-state index is 15.2. The molecule has 0 radical (unpaired) electrons. The Morgan fingerprint density at radius 3 is 2.82 bits per heavy atom. The second-order valence-corrected chi connectivity index (χ2v) is 16.1. The first-order valence-corrected chi connectivity index (χ1v) is 18.2. The summed E-state index contributed by atoms with van der Waals surface area (Å²) in [6.07, 6.45) is 8.17. The van der Waals surface area contributed by atoms with E-state index in [1.807, 2.05) is 32.3 Å². The molecule has 44 heavy (non-hydrogen) atoms. The summed E-state index contributed by atoms with van der Waals surface area (Å²) in [6, 6.07) is 14.0. The zero-order valence-electron chi connectivity index (χ0n) is 25.4. The zero-order valence-corrected chi connectivity index (χ0v) is 28.3. The molecule has 1 fully saturated rings. The molecule has 0 amide bonds. The number of benzene rings is 2. The summed E-state index contributed by atoms with van der Waals surface area (Å²) in [5, 5.41) is 14.8. The Labute approximate surface area is 274 Å². The molecule has 1 unspecified atom stereocenters. The Morgan fingerprint density at radius 1 is 1.27 bits per heavy atom. The number of aliphatic hydroxyl groups is 1. The van der Waals surface area contributed by atoms with E-state index < -0.39 is 12.2 Å². The van der Waals surface area contributed by atoms with E-state index in [4.69, 9.17) is 23.1 Å². The van der Waals surface area contributed by atoms with E-state index in [9.17, 15) is 5.11 Å². The van der Waals surface area contributed by atoms with E-state index in [1.165, 1.54) is 24.8 Å². The summed E-state index contributed by atoms with van der Waals surface area (Å²) < 4.78 is 16.5. The Bertz CT molecular complexity index is 1580. The number of aryl methyl sites for hydroxylation is 1. The molecule has 2 aliphatic heterocycles. The van der Waals surface area contributed by atoms with E-state index in [0.717, 1.165) is 52.6 Å². The summed E-state index contributed by atoms with van der Waals surface area (Å²) in [6.45, 7) is 3.42. The van der Waals surface area contributed by atoms with Crippen LogP contribution in [0.2, 0.25) is 5.02 Å². The fourth-order valence-corrected chi connectivity index (χ4v) is 10.3. The normalized spacial score (nSPS) is 21.2. The van der Waals surface area contributed by atoms with Crippen molar-refractivity contribution in [2.75, 3.05) is 25.0 Å². The fourth-order valence-electron chi connectivity index (χ4n) is 5.77. The van der Waals surface area contributed by atoms with Crippen LogP contribution in [-0.4, -0.2) is 52.4 Å². The Hall–Kier alpha value is -2.51. The van der Waals surface area contributed by atoms with Crippen LogP contribution < -0.4 is 53.6 Å².